The molecule has 9 heteroatoms. The van der Waals surface area contributed by atoms with Gasteiger partial charge in [-0.15, -0.1) is 0 Å². The molecule has 2 aromatic rings. The number of H-pyrrole nitrogens is 1. The third-order valence-electron chi connectivity index (χ3n) is 5.98. The number of likely N-dealkylation sites (N-methyl/N-ethyl adjacent to an activating group) is 1. The number of para-hydroxylation sites is 2. The Morgan fingerprint density at radius 3 is 2.68 bits per heavy atom. The monoisotopic (exact) mass is 430 g/mol. The SMILES string of the molecule is CN(C)CC1CC2(CCN(C(=O)CCc3nc4ccccc4[nH]3)CC2)C(=O)O1.O=CO. The highest BCUT2D eigenvalue weighted by atomic mass is 16.6. The van der Waals surface area contributed by atoms with Crippen LogP contribution in [-0.2, 0) is 25.5 Å². The predicted molar refractivity (Wildman–Crippen MR) is 114 cm³/mol. The summed E-state index contributed by atoms with van der Waals surface area (Å²) in [6.45, 7) is 1.76. The van der Waals surface area contributed by atoms with Gasteiger partial charge in [-0.3, -0.25) is 14.4 Å². The van der Waals surface area contributed by atoms with Gasteiger partial charge in [0, 0.05) is 38.9 Å². The van der Waals surface area contributed by atoms with Crippen LogP contribution in [0.15, 0.2) is 24.3 Å². The molecule has 9 nitrogen and oxygen atoms in total. The zero-order valence-corrected chi connectivity index (χ0v) is 18.0. The van der Waals surface area contributed by atoms with Gasteiger partial charge in [0.25, 0.3) is 6.47 Å². The molecule has 0 saturated carbocycles. The van der Waals surface area contributed by atoms with Crippen molar-refractivity contribution in [1.29, 1.82) is 0 Å². The average Bonchev–Trinajstić information content (AvgIpc) is 3.27. The number of esters is 1. The largest absolute Gasteiger partial charge is 0.483 e. The Kier molecular flexibility index (Phi) is 7.27. The van der Waals surface area contributed by atoms with E-state index in [1.54, 1.807) is 0 Å². The van der Waals surface area contributed by atoms with Crippen molar-refractivity contribution in [2.75, 3.05) is 33.7 Å². The smallest absolute Gasteiger partial charge is 0.312 e. The summed E-state index contributed by atoms with van der Waals surface area (Å²) in [5.41, 5.74) is 1.53. The maximum Gasteiger partial charge on any atom is 0.312 e. The molecule has 4 rings (SSSR count). The molecule has 1 aromatic carbocycles. The summed E-state index contributed by atoms with van der Waals surface area (Å²) in [6.07, 6.45) is 3.17. The van der Waals surface area contributed by atoms with E-state index >= 15 is 0 Å². The minimum absolute atomic E-state index is 0.0298. The fraction of sp³-hybridized carbons (Fsp3) is 0.545. The Hall–Kier alpha value is -2.94. The first-order chi connectivity index (χ1) is 14.9. The van der Waals surface area contributed by atoms with E-state index in [0.717, 1.165) is 29.8 Å². The van der Waals surface area contributed by atoms with Crippen LogP contribution in [0.1, 0.15) is 31.5 Å². The third kappa shape index (κ3) is 5.41. The topological polar surface area (TPSA) is 116 Å². The number of carbonyl (C=O) groups is 3. The number of ether oxygens (including phenoxy) is 1. The number of carbonyl (C=O) groups excluding carboxylic acids is 2. The molecule has 1 amide bonds. The van der Waals surface area contributed by atoms with Gasteiger partial charge in [0.2, 0.25) is 5.91 Å². The highest BCUT2D eigenvalue weighted by Gasteiger charge is 2.50. The number of aromatic amines is 1. The average molecular weight is 431 g/mol. The molecule has 0 aliphatic carbocycles. The molecule has 2 aliphatic heterocycles. The number of cyclic esters (lactones) is 1. The maximum absolute atomic E-state index is 12.6. The van der Waals surface area contributed by atoms with Crippen molar-refractivity contribution in [3.63, 3.8) is 0 Å². The third-order valence-corrected chi connectivity index (χ3v) is 5.98. The Balaban J connectivity index is 0.000000858. The van der Waals surface area contributed by atoms with Crippen molar-refractivity contribution in [3.05, 3.63) is 30.1 Å². The van der Waals surface area contributed by atoms with E-state index in [1.165, 1.54) is 0 Å². The lowest BCUT2D eigenvalue weighted by molar-refractivity contribution is -0.152. The summed E-state index contributed by atoms with van der Waals surface area (Å²) in [5.74, 6) is 0.897. The first-order valence-corrected chi connectivity index (χ1v) is 10.5. The van der Waals surface area contributed by atoms with Crippen molar-refractivity contribution in [1.82, 2.24) is 19.8 Å². The zero-order valence-electron chi connectivity index (χ0n) is 18.0. The first kappa shape index (κ1) is 22.7. The lowest BCUT2D eigenvalue weighted by atomic mass is 9.76. The number of likely N-dealkylation sites (tertiary alicyclic amines) is 1. The summed E-state index contributed by atoms with van der Waals surface area (Å²) >= 11 is 0. The molecular weight excluding hydrogens is 400 g/mol. The van der Waals surface area contributed by atoms with Gasteiger partial charge >= 0.3 is 5.97 Å². The zero-order chi connectivity index (χ0) is 22.4. The minimum atomic E-state index is -0.393. The van der Waals surface area contributed by atoms with Crippen molar-refractivity contribution in [2.24, 2.45) is 5.41 Å². The van der Waals surface area contributed by atoms with Gasteiger partial charge in [0.15, 0.2) is 0 Å². The van der Waals surface area contributed by atoms with Crippen molar-refractivity contribution >= 4 is 29.4 Å². The van der Waals surface area contributed by atoms with Crippen LogP contribution in [0.3, 0.4) is 0 Å². The summed E-state index contributed by atoms with van der Waals surface area (Å²) in [7, 11) is 3.98. The second kappa shape index (κ2) is 9.91. The Bertz CT molecular complexity index is 885. The number of aromatic nitrogens is 2. The number of hydrogen-bond donors (Lipinski definition) is 2. The van der Waals surface area contributed by atoms with Crippen LogP contribution in [0.5, 0.6) is 0 Å². The summed E-state index contributed by atoms with van der Waals surface area (Å²) in [4.78, 5) is 45.2. The van der Waals surface area contributed by atoms with Gasteiger partial charge in [0.05, 0.1) is 16.4 Å². The number of aryl methyl sites for hydroxylation is 1. The molecule has 1 atom stereocenters. The molecule has 3 heterocycles. The van der Waals surface area contributed by atoms with E-state index in [2.05, 4.69) is 9.97 Å². The Morgan fingerprint density at radius 2 is 2.03 bits per heavy atom. The number of fused-ring (bicyclic) bond motifs is 1. The van der Waals surface area contributed by atoms with Crippen molar-refractivity contribution in [3.8, 4) is 0 Å². The number of carboxylic acid groups (broad SMARTS) is 1. The predicted octanol–water partition coefficient (Wildman–Crippen LogP) is 1.68. The van der Waals surface area contributed by atoms with E-state index in [-0.39, 0.29) is 24.5 Å². The van der Waals surface area contributed by atoms with Gasteiger partial charge < -0.3 is 24.6 Å². The Morgan fingerprint density at radius 1 is 1.35 bits per heavy atom. The molecule has 2 fully saturated rings. The number of hydrogen-bond acceptors (Lipinski definition) is 6. The molecule has 168 valence electrons. The standard InChI is InChI=1S/C21H28N4O3.CH2O2/c1-24(2)14-15-13-21(20(27)28-15)9-11-25(12-10-21)19(26)8-7-18-22-16-5-3-4-6-17(16)23-18;2-1-3/h3-6,15H,7-14H2,1-2H3,(H,22,23);1H,(H,2,3). The Labute approximate surface area is 181 Å². The highest BCUT2D eigenvalue weighted by molar-refractivity contribution is 5.81. The minimum Gasteiger partial charge on any atom is -0.483 e. The van der Waals surface area contributed by atoms with Crippen LogP contribution in [0.4, 0.5) is 0 Å². The normalized spacial score (nSPS) is 19.9. The van der Waals surface area contributed by atoms with E-state index in [0.29, 0.717) is 38.8 Å². The number of rotatable bonds is 5. The van der Waals surface area contributed by atoms with E-state index in [9.17, 15) is 9.59 Å². The van der Waals surface area contributed by atoms with Gasteiger partial charge in [-0.1, -0.05) is 12.1 Å². The van der Waals surface area contributed by atoms with Crippen molar-refractivity contribution < 1.29 is 24.2 Å². The van der Waals surface area contributed by atoms with Crippen LogP contribution in [0.2, 0.25) is 0 Å². The quantitative estimate of drug-likeness (QED) is 0.548. The molecule has 0 bridgehead atoms. The lowest BCUT2D eigenvalue weighted by Crippen LogP contribution is -2.45. The molecule has 0 radical (unpaired) electrons. The highest BCUT2D eigenvalue weighted by Crippen LogP contribution is 2.43. The lowest BCUT2D eigenvalue weighted by Gasteiger charge is -2.36. The second-order valence-corrected chi connectivity index (χ2v) is 8.46. The van der Waals surface area contributed by atoms with Gasteiger partial charge in [0.1, 0.15) is 11.9 Å². The number of nitrogens with one attached hydrogen (secondary N) is 1. The summed E-state index contributed by atoms with van der Waals surface area (Å²) in [6, 6.07) is 7.88. The number of imidazole rings is 1. The van der Waals surface area contributed by atoms with Crippen LogP contribution in [0, 0.1) is 5.41 Å². The van der Waals surface area contributed by atoms with Crippen molar-refractivity contribution in [2.45, 2.75) is 38.2 Å². The maximum atomic E-state index is 12.6. The molecule has 31 heavy (non-hydrogen) atoms. The summed E-state index contributed by atoms with van der Waals surface area (Å²) < 4.78 is 5.60. The fourth-order valence-corrected chi connectivity index (χ4v) is 4.45. The van der Waals surface area contributed by atoms with Gasteiger partial charge in [-0.05, 0) is 39.1 Å². The van der Waals surface area contributed by atoms with E-state index < -0.39 is 5.41 Å². The summed E-state index contributed by atoms with van der Waals surface area (Å²) in [5, 5.41) is 6.89. The van der Waals surface area contributed by atoms with Crippen LogP contribution < -0.4 is 0 Å². The van der Waals surface area contributed by atoms with Crippen LogP contribution in [-0.4, -0.2) is 83.1 Å². The molecular formula is C22H30N4O5. The van der Waals surface area contributed by atoms with E-state index in [1.807, 2.05) is 48.2 Å². The van der Waals surface area contributed by atoms with Gasteiger partial charge in [-0.2, -0.15) is 0 Å². The van der Waals surface area contributed by atoms with Gasteiger partial charge in [-0.25, -0.2) is 4.98 Å². The van der Waals surface area contributed by atoms with E-state index in [4.69, 9.17) is 14.6 Å². The number of nitrogens with zero attached hydrogens (tertiary/aromatic N) is 3. The van der Waals surface area contributed by atoms with Crippen LogP contribution in [0.25, 0.3) is 11.0 Å². The number of benzene rings is 1. The molecule has 2 saturated heterocycles. The second-order valence-electron chi connectivity index (χ2n) is 8.46. The number of amides is 1. The first-order valence-electron chi connectivity index (χ1n) is 10.5. The molecule has 2 N–H and O–H groups in total. The molecule has 1 aromatic heterocycles. The number of piperidine rings is 1. The fourth-order valence-electron chi connectivity index (χ4n) is 4.45. The molecule has 1 unspecified atom stereocenters. The van der Waals surface area contributed by atoms with Crippen LogP contribution >= 0.6 is 0 Å². The molecule has 1 spiro atoms. The molecule has 2 aliphatic rings.